The maximum absolute atomic E-state index is 12.1. The summed E-state index contributed by atoms with van der Waals surface area (Å²) < 4.78 is 26.5. The minimum absolute atomic E-state index is 0.0121. The largest absolute Gasteiger partial charge is 0.444 e. The average molecular weight is 361 g/mol. The SMILES string of the molecule is COCOCC(C=O)(CCOC1CCCCO1)NC(=O)OC(C)(C)C. The van der Waals surface area contributed by atoms with Crippen LogP contribution in [0.1, 0.15) is 46.5 Å². The molecule has 0 bridgehead atoms. The van der Waals surface area contributed by atoms with Crippen molar-refractivity contribution in [2.75, 3.05) is 33.7 Å². The summed E-state index contributed by atoms with van der Waals surface area (Å²) in [5, 5.41) is 2.60. The number of methoxy groups -OCH3 is 1. The van der Waals surface area contributed by atoms with E-state index >= 15 is 0 Å². The molecule has 1 amide bonds. The summed E-state index contributed by atoms with van der Waals surface area (Å²) in [4.78, 5) is 23.8. The lowest BCUT2D eigenvalue weighted by Gasteiger charge is -2.31. The molecule has 8 heteroatoms. The normalized spacial score (nSPS) is 20.6. The molecule has 1 fully saturated rings. The van der Waals surface area contributed by atoms with Crippen molar-refractivity contribution in [3.63, 3.8) is 0 Å². The van der Waals surface area contributed by atoms with Crippen LogP contribution in [-0.2, 0) is 28.5 Å². The van der Waals surface area contributed by atoms with Crippen molar-refractivity contribution in [2.45, 2.75) is 63.9 Å². The third-order valence-electron chi connectivity index (χ3n) is 3.53. The first-order chi connectivity index (χ1) is 11.8. The van der Waals surface area contributed by atoms with Crippen LogP contribution in [0, 0.1) is 0 Å². The molecule has 8 nitrogen and oxygen atoms in total. The summed E-state index contributed by atoms with van der Waals surface area (Å²) >= 11 is 0. The van der Waals surface area contributed by atoms with Crippen LogP contribution in [0.5, 0.6) is 0 Å². The molecule has 0 radical (unpaired) electrons. The first kappa shape index (κ1) is 21.8. The number of rotatable bonds is 10. The number of carbonyl (C=O) groups excluding carboxylic acids is 2. The topological polar surface area (TPSA) is 92.3 Å². The lowest BCUT2D eigenvalue weighted by atomic mass is 9.99. The fourth-order valence-corrected chi connectivity index (χ4v) is 2.32. The Morgan fingerprint density at radius 3 is 2.64 bits per heavy atom. The molecule has 0 aromatic heterocycles. The maximum Gasteiger partial charge on any atom is 0.408 e. The summed E-state index contributed by atoms with van der Waals surface area (Å²) in [5.74, 6) is 0. The Morgan fingerprint density at radius 2 is 2.08 bits per heavy atom. The molecule has 0 spiro atoms. The highest BCUT2D eigenvalue weighted by molar-refractivity contribution is 5.76. The Labute approximate surface area is 149 Å². The Bertz CT molecular complexity index is 404. The van der Waals surface area contributed by atoms with Gasteiger partial charge in [0.15, 0.2) is 6.29 Å². The van der Waals surface area contributed by atoms with Gasteiger partial charge in [0.1, 0.15) is 24.2 Å². The first-order valence-electron chi connectivity index (χ1n) is 8.58. The van der Waals surface area contributed by atoms with E-state index in [1.807, 2.05) is 0 Å². The molecule has 2 unspecified atom stereocenters. The number of carbonyl (C=O) groups is 2. The second-order valence-electron chi connectivity index (χ2n) is 7.07. The van der Waals surface area contributed by atoms with E-state index in [-0.39, 0.29) is 32.7 Å². The van der Waals surface area contributed by atoms with E-state index in [9.17, 15) is 9.59 Å². The highest BCUT2D eigenvalue weighted by atomic mass is 16.7. The summed E-state index contributed by atoms with van der Waals surface area (Å²) in [6, 6.07) is 0. The van der Waals surface area contributed by atoms with Gasteiger partial charge in [0.25, 0.3) is 0 Å². The molecule has 0 aliphatic carbocycles. The Morgan fingerprint density at radius 1 is 1.32 bits per heavy atom. The molecule has 0 aromatic carbocycles. The summed E-state index contributed by atoms with van der Waals surface area (Å²) in [6.45, 7) is 6.14. The Balaban J connectivity index is 2.61. The van der Waals surface area contributed by atoms with E-state index in [2.05, 4.69) is 5.32 Å². The molecule has 1 N–H and O–H groups in total. The number of hydrogen-bond acceptors (Lipinski definition) is 7. The molecule has 1 saturated heterocycles. The van der Waals surface area contributed by atoms with Gasteiger partial charge in [-0.3, -0.25) is 0 Å². The number of alkyl carbamates (subject to hydrolysis) is 1. The highest BCUT2D eigenvalue weighted by Gasteiger charge is 2.34. The molecular formula is C17H31NO7. The van der Waals surface area contributed by atoms with Gasteiger partial charge < -0.3 is 33.8 Å². The predicted molar refractivity (Wildman–Crippen MR) is 90.2 cm³/mol. The van der Waals surface area contributed by atoms with Gasteiger partial charge in [-0.25, -0.2) is 4.79 Å². The molecule has 1 aliphatic heterocycles. The molecule has 1 rings (SSSR count). The van der Waals surface area contributed by atoms with Crippen LogP contribution in [0.2, 0.25) is 0 Å². The van der Waals surface area contributed by atoms with Crippen molar-refractivity contribution in [2.24, 2.45) is 0 Å². The van der Waals surface area contributed by atoms with E-state index in [1.54, 1.807) is 20.8 Å². The second-order valence-corrected chi connectivity index (χ2v) is 7.07. The van der Waals surface area contributed by atoms with Crippen LogP contribution < -0.4 is 5.32 Å². The molecule has 0 saturated carbocycles. The van der Waals surface area contributed by atoms with Gasteiger partial charge in [0.2, 0.25) is 0 Å². The predicted octanol–water partition coefficient (Wildman–Crippen LogP) is 2.00. The molecule has 2 atom stereocenters. The number of amides is 1. The average Bonchev–Trinajstić information content (AvgIpc) is 2.54. The summed E-state index contributed by atoms with van der Waals surface area (Å²) in [7, 11) is 1.48. The minimum atomic E-state index is -1.25. The zero-order valence-electron chi connectivity index (χ0n) is 15.7. The van der Waals surface area contributed by atoms with Gasteiger partial charge in [-0.1, -0.05) is 0 Å². The molecule has 1 heterocycles. The third kappa shape index (κ3) is 9.15. The van der Waals surface area contributed by atoms with Crippen LogP contribution in [0.25, 0.3) is 0 Å². The molecule has 0 aromatic rings. The first-order valence-corrected chi connectivity index (χ1v) is 8.58. The smallest absolute Gasteiger partial charge is 0.408 e. The van der Waals surface area contributed by atoms with Gasteiger partial charge in [-0.2, -0.15) is 0 Å². The van der Waals surface area contributed by atoms with Gasteiger partial charge in [0, 0.05) is 20.1 Å². The van der Waals surface area contributed by atoms with Gasteiger partial charge >= 0.3 is 6.09 Å². The Hall–Kier alpha value is -1.22. The van der Waals surface area contributed by atoms with Crippen LogP contribution in [-0.4, -0.2) is 63.5 Å². The zero-order valence-corrected chi connectivity index (χ0v) is 15.7. The van der Waals surface area contributed by atoms with Crippen LogP contribution in [0.3, 0.4) is 0 Å². The number of aldehydes is 1. The zero-order chi connectivity index (χ0) is 18.8. The molecular weight excluding hydrogens is 330 g/mol. The van der Waals surface area contributed by atoms with Crippen LogP contribution in [0.15, 0.2) is 0 Å². The number of nitrogens with one attached hydrogen (secondary N) is 1. The van der Waals surface area contributed by atoms with Crippen molar-refractivity contribution in [1.29, 1.82) is 0 Å². The maximum atomic E-state index is 12.1. The van der Waals surface area contributed by atoms with E-state index in [0.29, 0.717) is 12.9 Å². The standard InChI is InChI=1S/C17H31NO7/c1-16(2,3)25-15(20)18-17(11-19,12-22-13-21-4)8-10-24-14-7-5-6-9-23-14/h11,14H,5-10,12-13H2,1-4H3,(H,18,20). The van der Waals surface area contributed by atoms with E-state index in [0.717, 1.165) is 19.3 Å². The lowest BCUT2D eigenvalue weighted by molar-refractivity contribution is -0.166. The molecule has 1 aliphatic rings. The van der Waals surface area contributed by atoms with Crippen molar-refractivity contribution < 1.29 is 33.3 Å². The van der Waals surface area contributed by atoms with E-state index in [1.165, 1.54) is 7.11 Å². The van der Waals surface area contributed by atoms with Gasteiger partial charge in [-0.15, -0.1) is 0 Å². The lowest BCUT2D eigenvalue weighted by Crippen LogP contribution is -2.55. The number of hydrogen-bond donors (Lipinski definition) is 1. The van der Waals surface area contributed by atoms with Crippen molar-refractivity contribution in [3.05, 3.63) is 0 Å². The minimum Gasteiger partial charge on any atom is -0.444 e. The number of ether oxygens (including phenoxy) is 5. The molecule has 25 heavy (non-hydrogen) atoms. The van der Waals surface area contributed by atoms with E-state index in [4.69, 9.17) is 23.7 Å². The third-order valence-corrected chi connectivity index (χ3v) is 3.53. The fraction of sp³-hybridized carbons (Fsp3) is 0.882. The quantitative estimate of drug-likeness (QED) is 0.361. The van der Waals surface area contributed by atoms with Crippen molar-refractivity contribution in [1.82, 2.24) is 5.32 Å². The fourth-order valence-electron chi connectivity index (χ4n) is 2.32. The highest BCUT2D eigenvalue weighted by Crippen LogP contribution is 2.17. The monoisotopic (exact) mass is 361 g/mol. The molecule has 146 valence electrons. The summed E-state index contributed by atoms with van der Waals surface area (Å²) in [6.07, 6.45) is 2.85. The van der Waals surface area contributed by atoms with Crippen LogP contribution in [0.4, 0.5) is 4.79 Å². The van der Waals surface area contributed by atoms with Gasteiger partial charge in [0.05, 0.1) is 13.2 Å². The second kappa shape index (κ2) is 10.7. The van der Waals surface area contributed by atoms with Crippen LogP contribution >= 0.6 is 0 Å². The summed E-state index contributed by atoms with van der Waals surface area (Å²) in [5.41, 5.74) is -1.92. The van der Waals surface area contributed by atoms with E-state index < -0.39 is 17.2 Å². The Kier molecular flexibility index (Phi) is 9.34. The van der Waals surface area contributed by atoms with Crippen molar-refractivity contribution in [3.8, 4) is 0 Å². The van der Waals surface area contributed by atoms with Gasteiger partial charge in [-0.05, 0) is 40.0 Å². The van der Waals surface area contributed by atoms with Crippen molar-refractivity contribution >= 4 is 12.4 Å².